The van der Waals surface area contributed by atoms with E-state index in [1.54, 1.807) is 31.9 Å². The first kappa shape index (κ1) is 11.5. The van der Waals surface area contributed by atoms with Crippen LogP contribution < -0.4 is 10.5 Å². The van der Waals surface area contributed by atoms with Crippen LogP contribution in [0.25, 0.3) is 0 Å². The summed E-state index contributed by atoms with van der Waals surface area (Å²) in [5.74, 6) is 0.476. The highest BCUT2D eigenvalue weighted by molar-refractivity contribution is 5.23. The molecule has 0 bridgehead atoms. The van der Waals surface area contributed by atoms with Crippen molar-refractivity contribution in [2.24, 2.45) is 5.73 Å². The minimum Gasteiger partial charge on any atom is -0.480 e. The number of nitrogens with zero attached hydrogens (tertiary/aromatic N) is 3. The smallest absolute Gasteiger partial charge is 0.236 e. The third-order valence-corrected chi connectivity index (χ3v) is 2.41. The Morgan fingerprint density at radius 1 is 1.29 bits per heavy atom. The number of aromatic nitrogens is 3. The van der Waals surface area contributed by atoms with Crippen LogP contribution in [-0.4, -0.2) is 22.1 Å². The molecule has 0 spiro atoms. The molecule has 17 heavy (non-hydrogen) atoms. The summed E-state index contributed by atoms with van der Waals surface area (Å²) in [7, 11) is 1.56. The number of ether oxygens (including phenoxy) is 1. The zero-order chi connectivity index (χ0) is 12.1. The second-order valence-corrected chi connectivity index (χ2v) is 3.62. The molecule has 1 atom stereocenters. The molecular formula is C12H14N4O. The van der Waals surface area contributed by atoms with Gasteiger partial charge in [0.05, 0.1) is 13.2 Å². The highest BCUT2D eigenvalue weighted by Crippen LogP contribution is 2.20. The van der Waals surface area contributed by atoms with Crippen molar-refractivity contribution < 1.29 is 4.74 Å². The molecule has 2 N–H and O–H groups in total. The lowest BCUT2D eigenvalue weighted by Crippen LogP contribution is -2.16. The lowest BCUT2D eigenvalue weighted by Gasteiger charge is -2.13. The first-order chi connectivity index (χ1) is 8.31. The number of nitrogens with two attached hydrogens (primary N) is 1. The molecule has 0 aliphatic heterocycles. The molecular weight excluding hydrogens is 216 g/mol. The fraction of sp³-hybridized carbons (Fsp3) is 0.250. The molecule has 2 heterocycles. The second kappa shape index (κ2) is 5.36. The van der Waals surface area contributed by atoms with E-state index in [1.165, 1.54) is 0 Å². The molecule has 2 aromatic rings. The monoisotopic (exact) mass is 230 g/mol. The Hall–Kier alpha value is -2.01. The van der Waals surface area contributed by atoms with Crippen LogP contribution in [0.5, 0.6) is 5.88 Å². The molecule has 0 radical (unpaired) electrons. The molecule has 0 fully saturated rings. The van der Waals surface area contributed by atoms with E-state index < -0.39 is 0 Å². The number of rotatable bonds is 4. The Balaban J connectivity index is 2.17. The van der Waals surface area contributed by atoms with Gasteiger partial charge in [0.15, 0.2) is 0 Å². The molecule has 0 aromatic carbocycles. The maximum Gasteiger partial charge on any atom is 0.236 e. The Kier molecular flexibility index (Phi) is 3.62. The summed E-state index contributed by atoms with van der Waals surface area (Å²) in [5, 5.41) is 0. The molecule has 5 heteroatoms. The molecule has 1 unspecified atom stereocenters. The molecule has 0 saturated carbocycles. The van der Waals surface area contributed by atoms with E-state index in [2.05, 4.69) is 15.0 Å². The van der Waals surface area contributed by atoms with Gasteiger partial charge in [-0.05, 0) is 18.1 Å². The predicted octanol–water partition coefficient (Wildman–Crippen LogP) is 1.12. The van der Waals surface area contributed by atoms with Crippen LogP contribution in [0.2, 0.25) is 0 Å². The highest BCUT2D eigenvalue weighted by atomic mass is 16.5. The number of hydrogen-bond acceptors (Lipinski definition) is 5. The first-order valence-corrected chi connectivity index (χ1v) is 5.30. The van der Waals surface area contributed by atoms with E-state index in [0.29, 0.717) is 18.0 Å². The zero-order valence-corrected chi connectivity index (χ0v) is 9.58. The Bertz CT molecular complexity index is 475. The number of methoxy groups -OCH3 is 1. The van der Waals surface area contributed by atoms with Crippen molar-refractivity contribution >= 4 is 0 Å². The van der Waals surface area contributed by atoms with Gasteiger partial charge in [-0.15, -0.1) is 0 Å². The van der Waals surface area contributed by atoms with Crippen molar-refractivity contribution in [2.45, 2.75) is 12.5 Å². The summed E-state index contributed by atoms with van der Waals surface area (Å²) in [5.41, 5.74) is 7.82. The zero-order valence-electron chi connectivity index (χ0n) is 9.58. The Labute approximate surface area is 99.7 Å². The van der Waals surface area contributed by atoms with Crippen molar-refractivity contribution in [3.8, 4) is 5.88 Å². The molecule has 0 saturated heterocycles. The average Bonchev–Trinajstić information content (AvgIpc) is 2.40. The maximum atomic E-state index is 6.09. The molecule has 88 valence electrons. The summed E-state index contributed by atoms with van der Waals surface area (Å²) < 4.78 is 5.13. The van der Waals surface area contributed by atoms with Crippen LogP contribution >= 0.6 is 0 Å². The van der Waals surface area contributed by atoms with Gasteiger partial charge in [-0.1, -0.05) is 6.07 Å². The van der Waals surface area contributed by atoms with E-state index in [1.807, 2.05) is 12.1 Å². The van der Waals surface area contributed by atoms with Gasteiger partial charge in [0.25, 0.3) is 0 Å². The largest absolute Gasteiger partial charge is 0.480 e. The fourth-order valence-corrected chi connectivity index (χ4v) is 1.62. The van der Waals surface area contributed by atoms with E-state index in [4.69, 9.17) is 10.5 Å². The van der Waals surface area contributed by atoms with Crippen LogP contribution in [0.15, 0.2) is 36.9 Å². The fourth-order valence-electron chi connectivity index (χ4n) is 1.62. The van der Waals surface area contributed by atoms with Crippen LogP contribution in [0.3, 0.4) is 0 Å². The van der Waals surface area contributed by atoms with Gasteiger partial charge >= 0.3 is 0 Å². The summed E-state index contributed by atoms with van der Waals surface area (Å²) in [4.78, 5) is 12.3. The van der Waals surface area contributed by atoms with Crippen LogP contribution in [0, 0.1) is 0 Å². The summed E-state index contributed by atoms with van der Waals surface area (Å²) in [6.07, 6.45) is 7.38. The summed E-state index contributed by atoms with van der Waals surface area (Å²) in [6.45, 7) is 0. The van der Waals surface area contributed by atoms with E-state index >= 15 is 0 Å². The minimum atomic E-state index is -0.247. The van der Waals surface area contributed by atoms with Gasteiger partial charge in [0, 0.05) is 24.8 Å². The van der Waals surface area contributed by atoms with Crippen LogP contribution in [-0.2, 0) is 6.42 Å². The van der Waals surface area contributed by atoms with E-state index in [0.717, 1.165) is 5.56 Å². The molecule has 0 aliphatic rings. The second-order valence-electron chi connectivity index (χ2n) is 3.62. The minimum absolute atomic E-state index is 0.247. The Morgan fingerprint density at radius 3 is 2.82 bits per heavy atom. The Morgan fingerprint density at radius 2 is 2.12 bits per heavy atom. The third kappa shape index (κ3) is 2.76. The summed E-state index contributed by atoms with van der Waals surface area (Å²) >= 11 is 0. The van der Waals surface area contributed by atoms with Gasteiger partial charge < -0.3 is 10.5 Å². The molecule has 2 aromatic heterocycles. The van der Waals surface area contributed by atoms with Gasteiger partial charge in [0.2, 0.25) is 5.88 Å². The first-order valence-electron chi connectivity index (χ1n) is 5.30. The summed E-state index contributed by atoms with van der Waals surface area (Å²) in [6, 6.07) is 3.62. The van der Waals surface area contributed by atoms with Crippen molar-refractivity contribution in [1.82, 2.24) is 15.0 Å². The number of hydrogen-bond donors (Lipinski definition) is 1. The van der Waals surface area contributed by atoms with E-state index in [-0.39, 0.29) is 6.04 Å². The van der Waals surface area contributed by atoms with Gasteiger partial charge in [-0.3, -0.25) is 9.97 Å². The van der Waals surface area contributed by atoms with Crippen molar-refractivity contribution in [1.29, 1.82) is 0 Å². The van der Waals surface area contributed by atoms with Crippen LogP contribution in [0.1, 0.15) is 17.3 Å². The van der Waals surface area contributed by atoms with E-state index in [9.17, 15) is 0 Å². The van der Waals surface area contributed by atoms with Gasteiger partial charge in [-0.25, -0.2) is 4.98 Å². The molecule has 5 nitrogen and oxygen atoms in total. The third-order valence-electron chi connectivity index (χ3n) is 2.41. The quantitative estimate of drug-likeness (QED) is 0.852. The predicted molar refractivity (Wildman–Crippen MR) is 63.5 cm³/mol. The normalized spacial score (nSPS) is 12.1. The average molecular weight is 230 g/mol. The molecule has 0 amide bonds. The van der Waals surface area contributed by atoms with Crippen LogP contribution in [0.4, 0.5) is 0 Å². The molecule has 0 aliphatic carbocycles. The lowest BCUT2D eigenvalue weighted by molar-refractivity contribution is 0.384. The van der Waals surface area contributed by atoms with Crippen molar-refractivity contribution in [2.75, 3.05) is 7.11 Å². The van der Waals surface area contributed by atoms with Gasteiger partial charge in [0.1, 0.15) is 5.69 Å². The lowest BCUT2D eigenvalue weighted by atomic mass is 10.1. The van der Waals surface area contributed by atoms with Crippen molar-refractivity contribution in [3.63, 3.8) is 0 Å². The standard InChI is InChI=1S/C12H14N4O/c1-17-12-11(15-5-6-16-12)10(13)7-9-3-2-4-14-8-9/h2-6,8,10H,7,13H2,1H3. The topological polar surface area (TPSA) is 73.9 Å². The maximum absolute atomic E-state index is 6.09. The SMILES string of the molecule is COc1nccnc1C(N)Cc1cccnc1. The highest BCUT2D eigenvalue weighted by Gasteiger charge is 2.14. The van der Waals surface area contributed by atoms with Gasteiger partial charge in [-0.2, -0.15) is 0 Å². The number of pyridine rings is 1. The molecule has 2 rings (SSSR count). The van der Waals surface area contributed by atoms with Crippen molar-refractivity contribution in [3.05, 3.63) is 48.2 Å².